The Morgan fingerprint density at radius 2 is 2.00 bits per heavy atom. The summed E-state index contributed by atoms with van der Waals surface area (Å²) in [6, 6.07) is 10.2. The number of benzene rings is 1. The molecule has 0 unspecified atom stereocenters. The molecule has 0 aromatic heterocycles. The summed E-state index contributed by atoms with van der Waals surface area (Å²) in [6.07, 6.45) is 1.25. The van der Waals surface area contributed by atoms with E-state index >= 15 is 0 Å². The fourth-order valence-electron chi connectivity index (χ4n) is 1.53. The molecule has 3 heteroatoms. The van der Waals surface area contributed by atoms with E-state index in [1.54, 1.807) is 0 Å². The van der Waals surface area contributed by atoms with Crippen LogP contribution >= 0.6 is 11.8 Å². The van der Waals surface area contributed by atoms with Crippen LogP contribution in [0.15, 0.2) is 30.3 Å². The van der Waals surface area contributed by atoms with E-state index in [-0.39, 0.29) is 12.1 Å². The first kappa shape index (κ1) is 14.1. The molecule has 1 aromatic carbocycles. The zero-order valence-corrected chi connectivity index (χ0v) is 11.3. The number of thioether (sulfide) groups is 1. The SMILES string of the molecule is CCSC[C@H](Cc1ccccc1)OC(=O)CC. The summed E-state index contributed by atoms with van der Waals surface area (Å²) >= 11 is 1.81. The lowest BCUT2D eigenvalue weighted by molar-refractivity contribution is -0.147. The van der Waals surface area contributed by atoms with Gasteiger partial charge in [0.1, 0.15) is 6.10 Å². The summed E-state index contributed by atoms with van der Waals surface area (Å²) in [5.74, 6) is 1.81. The Hall–Kier alpha value is -0.960. The van der Waals surface area contributed by atoms with E-state index in [2.05, 4.69) is 19.1 Å². The van der Waals surface area contributed by atoms with E-state index in [1.165, 1.54) is 5.56 Å². The van der Waals surface area contributed by atoms with Crippen molar-refractivity contribution in [3.63, 3.8) is 0 Å². The van der Waals surface area contributed by atoms with Crippen LogP contribution in [0.4, 0.5) is 0 Å². The Labute approximate surface area is 108 Å². The van der Waals surface area contributed by atoms with E-state index in [0.29, 0.717) is 6.42 Å². The van der Waals surface area contributed by atoms with Gasteiger partial charge in [-0.25, -0.2) is 0 Å². The Bertz CT molecular complexity index is 324. The second kappa shape index (κ2) is 8.18. The maximum Gasteiger partial charge on any atom is 0.305 e. The molecule has 0 saturated carbocycles. The smallest absolute Gasteiger partial charge is 0.305 e. The quantitative estimate of drug-likeness (QED) is 0.696. The molecule has 0 N–H and O–H groups in total. The zero-order valence-electron chi connectivity index (χ0n) is 10.5. The highest BCUT2D eigenvalue weighted by Gasteiger charge is 2.13. The third-order valence-corrected chi connectivity index (χ3v) is 3.42. The highest BCUT2D eigenvalue weighted by atomic mass is 32.2. The van der Waals surface area contributed by atoms with Gasteiger partial charge in [0.05, 0.1) is 0 Å². The van der Waals surface area contributed by atoms with Crippen molar-refractivity contribution in [2.45, 2.75) is 32.8 Å². The van der Waals surface area contributed by atoms with Gasteiger partial charge in [-0.2, -0.15) is 11.8 Å². The fourth-order valence-corrected chi connectivity index (χ4v) is 2.21. The molecule has 0 radical (unpaired) electrons. The van der Waals surface area contributed by atoms with Crippen molar-refractivity contribution >= 4 is 17.7 Å². The minimum absolute atomic E-state index is 0.00481. The fraction of sp³-hybridized carbons (Fsp3) is 0.500. The lowest BCUT2D eigenvalue weighted by Crippen LogP contribution is -2.23. The van der Waals surface area contributed by atoms with Gasteiger partial charge in [-0.05, 0) is 11.3 Å². The molecule has 0 saturated heterocycles. The molecule has 1 rings (SSSR count). The van der Waals surface area contributed by atoms with Crippen LogP contribution in [0, 0.1) is 0 Å². The highest BCUT2D eigenvalue weighted by molar-refractivity contribution is 7.99. The van der Waals surface area contributed by atoms with Gasteiger partial charge in [0.15, 0.2) is 0 Å². The number of hydrogen-bond donors (Lipinski definition) is 0. The molecule has 2 nitrogen and oxygen atoms in total. The van der Waals surface area contributed by atoms with Crippen LogP contribution in [-0.4, -0.2) is 23.6 Å². The largest absolute Gasteiger partial charge is 0.461 e. The van der Waals surface area contributed by atoms with Gasteiger partial charge in [0.2, 0.25) is 0 Å². The first-order valence-corrected chi connectivity index (χ1v) is 7.22. The molecule has 94 valence electrons. The number of ether oxygens (including phenoxy) is 1. The first-order chi connectivity index (χ1) is 8.26. The lowest BCUT2D eigenvalue weighted by atomic mass is 10.1. The van der Waals surface area contributed by atoms with Crippen molar-refractivity contribution in [3.05, 3.63) is 35.9 Å². The van der Waals surface area contributed by atoms with E-state index in [4.69, 9.17) is 4.74 Å². The van der Waals surface area contributed by atoms with Crippen molar-refractivity contribution in [3.8, 4) is 0 Å². The predicted molar refractivity (Wildman–Crippen MR) is 73.3 cm³/mol. The van der Waals surface area contributed by atoms with Crippen LogP contribution in [-0.2, 0) is 16.0 Å². The normalized spacial score (nSPS) is 12.1. The summed E-state index contributed by atoms with van der Waals surface area (Å²) in [5, 5.41) is 0. The van der Waals surface area contributed by atoms with Crippen LogP contribution in [0.5, 0.6) is 0 Å². The second-order valence-corrected chi connectivity index (χ2v) is 5.13. The van der Waals surface area contributed by atoms with Gasteiger partial charge in [-0.3, -0.25) is 4.79 Å². The summed E-state index contributed by atoms with van der Waals surface area (Å²) in [6.45, 7) is 3.95. The number of carbonyl (C=O) groups excluding carboxylic acids is 1. The Balaban J connectivity index is 2.53. The Morgan fingerprint density at radius 3 is 2.59 bits per heavy atom. The van der Waals surface area contributed by atoms with E-state index in [1.807, 2.05) is 36.9 Å². The van der Waals surface area contributed by atoms with Crippen molar-refractivity contribution in [2.75, 3.05) is 11.5 Å². The maximum atomic E-state index is 11.3. The molecule has 0 bridgehead atoms. The first-order valence-electron chi connectivity index (χ1n) is 6.07. The number of rotatable bonds is 7. The van der Waals surface area contributed by atoms with Gasteiger partial charge in [-0.15, -0.1) is 0 Å². The monoisotopic (exact) mass is 252 g/mol. The van der Waals surface area contributed by atoms with E-state index in [0.717, 1.165) is 17.9 Å². The van der Waals surface area contributed by atoms with Gasteiger partial charge < -0.3 is 4.74 Å². The molecule has 0 spiro atoms. The Morgan fingerprint density at radius 1 is 1.29 bits per heavy atom. The highest BCUT2D eigenvalue weighted by Crippen LogP contribution is 2.12. The minimum atomic E-state index is -0.109. The average molecular weight is 252 g/mol. The number of carbonyl (C=O) groups is 1. The summed E-state index contributed by atoms with van der Waals surface area (Å²) < 4.78 is 5.45. The second-order valence-electron chi connectivity index (χ2n) is 3.81. The van der Waals surface area contributed by atoms with Crippen LogP contribution in [0.25, 0.3) is 0 Å². The molecule has 0 aliphatic rings. The summed E-state index contributed by atoms with van der Waals surface area (Å²) in [7, 11) is 0. The molecule has 0 amide bonds. The molecular weight excluding hydrogens is 232 g/mol. The molecule has 0 fully saturated rings. The molecule has 0 aliphatic heterocycles. The van der Waals surface area contributed by atoms with Crippen LogP contribution in [0.1, 0.15) is 25.8 Å². The maximum absolute atomic E-state index is 11.3. The standard InChI is InChI=1S/C14H20O2S/c1-3-14(15)16-13(11-17-4-2)10-12-8-6-5-7-9-12/h5-9,13H,3-4,10-11H2,1-2H3/t13-/m0/s1. The minimum Gasteiger partial charge on any atom is -0.461 e. The van der Waals surface area contributed by atoms with E-state index < -0.39 is 0 Å². The van der Waals surface area contributed by atoms with Crippen molar-refractivity contribution in [1.82, 2.24) is 0 Å². The van der Waals surface area contributed by atoms with Gasteiger partial charge in [-0.1, -0.05) is 44.2 Å². The molecule has 1 atom stereocenters. The number of hydrogen-bond acceptors (Lipinski definition) is 3. The third kappa shape index (κ3) is 5.78. The molecule has 1 aromatic rings. The average Bonchev–Trinajstić information content (AvgIpc) is 2.37. The van der Waals surface area contributed by atoms with Crippen LogP contribution < -0.4 is 0 Å². The lowest BCUT2D eigenvalue weighted by Gasteiger charge is -2.17. The van der Waals surface area contributed by atoms with Crippen LogP contribution in [0.2, 0.25) is 0 Å². The molecule has 0 heterocycles. The predicted octanol–water partition coefficient (Wildman–Crippen LogP) is 3.30. The molecular formula is C14H20O2S. The third-order valence-electron chi connectivity index (χ3n) is 2.40. The molecule has 17 heavy (non-hydrogen) atoms. The zero-order chi connectivity index (χ0) is 12.5. The summed E-state index contributed by atoms with van der Waals surface area (Å²) in [4.78, 5) is 11.3. The van der Waals surface area contributed by atoms with Crippen molar-refractivity contribution in [2.24, 2.45) is 0 Å². The van der Waals surface area contributed by atoms with Crippen molar-refractivity contribution < 1.29 is 9.53 Å². The van der Waals surface area contributed by atoms with Crippen LogP contribution in [0.3, 0.4) is 0 Å². The molecule has 0 aliphatic carbocycles. The van der Waals surface area contributed by atoms with Gasteiger partial charge >= 0.3 is 5.97 Å². The topological polar surface area (TPSA) is 26.3 Å². The van der Waals surface area contributed by atoms with Crippen molar-refractivity contribution in [1.29, 1.82) is 0 Å². The van der Waals surface area contributed by atoms with Gasteiger partial charge in [0, 0.05) is 18.6 Å². The van der Waals surface area contributed by atoms with E-state index in [9.17, 15) is 4.79 Å². The Kier molecular flexibility index (Phi) is 6.78. The van der Waals surface area contributed by atoms with Gasteiger partial charge in [0.25, 0.3) is 0 Å². The summed E-state index contributed by atoms with van der Waals surface area (Å²) in [5.41, 5.74) is 1.22. The number of esters is 1.